The van der Waals surface area contributed by atoms with Gasteiger partial charge in [0.2, 0.25) is 6.29 Å². The van der Waals surface area contributed by atoms with E-state index in [4.69, 9.17) is 14.2 Å². The van der Waals surface area contributed by atoms with Crippen molar-refractivity contribution in [3.05, 3.63) is 11.8 Å². The Labute approximate surface area is 144 Å². The van der Waals surface area contributed by atoms with Crippen molar-refractivity contribution in [1.29, 1.82) is 0 Å². The highest BCUT2D eigenvalue weighted by molar-refractivity contribution is 5.74. The van der Waals surface area contributed by atoms with Crippen molar-refractivity contribution in [1.82, 2.24) is 0 Å². The van der Waals surface area contributed by atoms with Gasteiger partial charge < -0.3 is 39.7 Å². The summed E-state index contributed by atoms with van der Waals surface area (Å²) in [4.78, 5) is 11.2. The van der Waals surface area contributed by atoms with Crippen LogP contribution >= 0.6 is 0 Å². The first-order chi connectivity index (χ1) is 11.9. The highest BCUT2D eigenvalue weighted by Gasteiger charge is 2.52. The number of ether oxygens (including phenoxy) is 3. The Balaban J connectivity index is 1.78. The van der Waals surface area contributed by atoms with Crippen LogP contribution in [0.1, 0.15) is 13.3 Å². The van der Waals surface area contributed by atoms with E-state index in [1.165, 1.54) is 6.26 Å². The Morgan fingerprint density at radius 1 is 1.20 bits per heavy atom. The lowest BCUT2D eigenvalue weighted by molar-refractivity contribution is -0.342. The largest absolute Gasteiger partial charge is 0.472 e. The fourth-order valence-electron chi connectivity index (χ4n) is 4.03. The van der Waals surface area contributed by atoms with E-state index >= 15 is 0 Å². The third kappa shape index (κ3) is 3.21. The molecule has 142 valence electrons. The summed E-state index contributed by atoms with van der Waals surface area (Å²) in [6.07, 6.45) is -6.28. The smallest absolute Gasteiger partial charge is 0.205 e. The predicted octanol–water partition coefficient (Wildman–Crippen LogP) is -2.12. The molecule has 1 saturated heterocycles. The molecule has 0 aromatic carbocycles. The van der Waals surface area contributed by atoms with E-state index in [9.17, 15) is 30.3 Å². The van der Waals surface area contributed by atoms with E-state index < -0.39 is 55.6 Å². The van der Waals surface area contributed by atoms with E-state index in [0.717, 1.165) is 0 Å². The molecule has 0 aromatic rings. The van der Waals surface area contributed by atoms with E-state index in [2.05, 4.69) is 0 Å². The second kappa shape index (κ2) is 7.28. The third-order valence-corrected chi connectivity index (χ3v) is 5.39. The minimum atomic E-state index is -1.55. The average Bonchev–Trinajstić information content (AvgIpc) is 2.91. The summed E-state index contributed by atoms with van der Waals surface area (Å²) in [5.41, 5.74) is 0.343. The van der Waals surface area contributed by atoms with Crippen LogP contribution in [0.25, 0.3) is 0 Å². The maximum absolute atomic E-state index is 11.2. The Kier molecular flexibility index (Phi) is 5.45. The number of carbonyl (C=O) groups excluding carboxylic acids is 1. The van der Waals surface area contributed by atoms with Crippen molar-refractivity contribution < 1.29 is 44.5 Å². The van der Waals surface area contributed by atoms with Gasteiger partial charge >= 0.3 is 0 Å². The number of aliphatic hydroxyl groups excluding tert-OH is 5. The number of rotatable bonds is 4. The first-order valence-corrected chi connectivity index (χ1v) is 8.33. The number of hydrogen-bond acceptors (Lipinski definition) is 9. The number of aliphatic hydroxyl groups is 5. The standard InChI is InChI=1S/C16H24O9/c1-6-2-8(19)11-7(3-17)5-23-15(10(6)11)25-16-14(22)13(21)12(20)9(4-18)24-16/h3,5-6,8-16,18-22H,2,4H2,1H3/t6-,8+,9+,10+,11-,12+,13-,14+,15-,16-/m0/s1. The van der Waals surface area contributed by atoms with Crippen LogP contribution in [0.2, 0.25) is 0 Å². The van der Waals surface area contributed by atoms with Crippen LogP contribution in [-0.4, -0.2) is 81.5 Å². The highest BCUT2D eigenvalue weighted by atomic mass is 16.8. The second-order valence-electron chi connectivity index (χ2n) is 6.96. The molecule has 2 heterocycles. The average molecular weight is 360 g/mol. The molecule has 2 aliphatic heterocycles. The Morgan fingerprint density at radius 2 is 1.92 bits per heavy atom. The summed E-state index contributed by atoms with van der Waals surface area (Å²) in [6.45, 7) is 1.33. The zero-order valence-corrected chi connectivity index (χ0v) is 13.7. The molecule has 0 amide bonds. The molecule has 1 saturated carbocycles. The summed E-state index contributed by atoms with van der Waals surface area (Å²) in [7, 11) is 0. The van der Waals surface area contributed by atoms with Crippen molar-refractivity contribution in [3.8, 4) is 0 Å². The normalized spacial score (nSPS) is 49.9. The molecule has 0 bridgehead atoms. The van der Waals surface area contributed by atoms with Crippen LogP contribution in [0.15, 0.2) is 11.8 Å². The summed E-state index contributed by atoms with van der Waals surface area (Å²) < 4.78 is 16.5. The van der Waals surface area contributed by atoms with Gasteiger partial charge in [-0.15, -0.1) is 0 Å². The molecule has 0 radical (unpaired) electrons. The number of fused-ring (bicyclic) bond motifs is 1. The Bertz CT molecular complexity index is 522. The van der Waals surface area contributed by atoms with Crippen LogP contribution in [-0.2, 0) is 19.0 Å². The van der Waals surface area contributed by atoms with Gasteiger partial charge in [-0.1, -0.05) is 6.92 Å². The number of carbonyl (C=O) groups is 1. The van der Waals surface area contributed by atoms with Crippen LogP contribution in [0.5, 0.6) is 0 Å². The third-order valence-electron chi connectivity index (χ3n) is 5.39. The second-order valence-corrected chi connectivity index (χ2v) is 6.96. The van der Waals surface area contributed by atoms with E-state index in [0.29, 0.717) is 18.3 Å². The SMILES string of the molecule is C[C@H]1C[C@@H](O)[C@@H]2C(C=O)=CO[C@@H](O[C@@H]3O[C@H](CO)[C@@H](O)[C@H](O)[C@H]3O)[C@@H]21. The maximum Gasteiger partial charge on any atom is 0.205 e. The molecular weight excluding hydrogens is 336 g/mol. The number of hydrogen-bond donors (Lipinski definition) is 5. The molecule has 0 aromatic heterocycles. The summed E-state index contributed by atoms with van der Waals surface area (Å²) in [6, 6.07) is 0. The number of aldehydes is 1. The molecule has 5 N–H and O–H groups in total. The lowest BCUT2D eigenvalue weighted by Crippen LogP contribution is -2.60. The van der Waals surface area contributed by atoms with E-state index in [1.807, 2.05) is 6.92 Å². The first-order valence-electron chi connectivity index (χ1n) is 8.33. The molecule has 1 aliphatic carbocycles. The molecule has 9 nitrogen and oxygen atoms in total. The van der Waals surface area contributed by atoms with E-state index in [-0.39, 0.29) is 11.8 Å². The zero-order valence-electron chi connectivity index (χ0n) is 13.7. The van der Waals surface area contributed by atoms with E-state index in [1.54, 1.807) is 0 Å². The predicted molar refractivity (Wildman–Crippen MR) is 80.6 cm³/mol. The fraction of sp³-hybridized carbons (Fsp3) is 0.812. The van der Waals surface area contributed by atoms with Crippen LogP contribution in [0, 0.1) is 17.8 Å². The van der Waals surface area contributed by atoms with Gasteiger partial charge in [-0.2, -0.15) is 0 Å². The summed E-state index contributed by atoms with van der Waals surface area (Å²) in [5, 5.41) is 49.2. The van der Waals surface area contributed by atoms with Crippen molar-refractivity contribution in [3.63, 3.8) is 0 Å². The minimum Gasteiger partial charge on any atom is -0.472 e. The molecule has 3 aliphatic rings. The molecule has 10 atom stereocenters. The summed E-state index contributed by atoms with van der Waals surface area (Å²) in [5.74, 6) is -0.803. The van der Waals surface area contributed by atoms with Crippen molar-refractivity contribution >= 4 is 6.29 Å². The minimum absolute atomic E-state index is 0.0152. The van der Waals surface area contributed by atoms with Gasteiger partial charge in [-0.05, 0) is 12.3 Å². The first kappa shape index (κ1) is 18.7. The van der Waals surface area contributed by atoms with Crippen LogP contribution in [0.3, 0.4) is 0 Å². The van der Waals surface area contributed by atoms with Crippen LogP contribution < -0.4 is 0 Å². The lowest BCUT2D eigenvalue weighted by Gasteiger charge is -2.43. The van der Waals surface area contributed by atoms with Gasteiger partial charge in [0.15, 0.2) is 6.29 Å². The zero-order chi connectivity index (χ0) is 18.3. The molecule has 2 fully saturated rings. The lowest BCUT2D eigenvalue weighted by atomic mass is 9.83. The monoisotopic (exact) mass is 360 g/mol. The van der Waals surface area contributed by atoms with Crippen molar-refractivity contribution in [2.24, 2.45) is 17.8 Å². The Hall–Kier alpha value is -1.07. The molecule has 3 rings (SSSR count). The Morgan fingerprint density at radius 3 is 2.56 bits per heavy atom. The fourth-order valence-corrected chi connectivity index (χ4v) is 4.03. The molecule has 0 spiro atoms. The maximum atomic E-state index is 11.2. The van der Waals surface area contributed by atoms with Gasteiger partial charge in [-0.25, -0.2) is 0 Å². The van der Waals surface area contributed by atoms with Gasteiger partial charge in [0.25, 0.3) is 0 Å². The molecule has 0 unspecified atom stereocenters. The van der Waals surface area contributed by atoms with Gasteiger partial charge in [0, 0.05) is 17.4 Å². The molecule has 9 heteroatoms. The van der Waals surface area contributed by atoms with Crippen molar-refractivity contribution in [2.75, 3.05) is 6.61 Å². The molecule has 25 heavy (non-hydrogen) atoms. The molecular formula is C16H24O9. The van der Waals surface area contributed by atoms with Crippen LogP contribution in [0.4, 0.5) is 0 Å². The van der Waals surface area contributed by atoms with Gasteiger partial charge in [0.05, 0.1) is 19.0 Å². The topological polar surface area (TPSA) is 146 Å². The quantitative estimate of drug-likeness (QED) is 0.355. The van der Waals surface area contributed by atoms with Gasteiger partial charge in [0.1, 0.15) is 30.7 Å². The summed E-state index contributed by atoms with van der Waals surface area (Å²) >= 11 is 0. The van der Waals surface area contributed by atoms with Crippen molar-refractivity contribution in [2.45, 2.75) is 56.4 Å². The van der Waals surface area contributed by atoms with Gasteiger partial charge in [-0.3, -0.25) is 4.79 Å². The highest BCUT2D eigenvalue weighted by Crippen LogP contribution is 2.46.